The number of fused-ring (bicyclic) bond motifs is 1. The van der Waals surface area contributed by atoms with Crippen molar-refractivity contribution in [3.8, 4) is 0 Å². The van der Waals surface area contributed by atoms with Gasteiger partial charge >= 0.3 is 0 Å². The van der Waals surface area contributed by atoms with Crippen LogP contribution in [0.5, 0.6) is 0 Å². The summed E-state index contributed by atoms with van der Waals surface area (Å²) in [7, 11) is 0. The van der Waals surface area contributed by atoms with E-state index in [0.717, 1.165) is 41.3 Å². The number of rotatable bonds is 6. The van der Waals surface area contributed by atoms with Gasteiger partial charge in [-0.05, 0) is 28.4 Å². The Morgan fingerprint density at radius 3 is 3.05 bits per heavy atom. The summed E-state index contributed by atoms with van der Waals surface area (Å²) < 4.78 is 3.10. The average molecular weight is 366 g/mol. The van der Waals surface area contributed by atoms with Crippen molar-refractivity contribution in [3.63, 3.8) is 0 Å². The standard InChI is InChI=1S/C14H16BrN5S/c1-2-3-16-12-8-20-5-4-17-14(20)13(19-12)18-7-11-6-10(15)9-21-11/h4-6,8-9,16H,2-3,7H2,1H3,(H,18,19). The van der Waals surface area contributed by atoms with Crippen LogP contribution in [0.2, 0.25) is 0 Å². The fourth-order valence-electron chi connectivity index (χ4n) is 2.01. The van der Waals surface area contributed by atoms with Gasteiger partial charge in [-0.25, -0.2) is 9.97 Å². The van der Waals surface area contributed by atoms with Gasteiger partial charge in [0.05, 0.1) is 12.7 Å². The molecule has 3 heterocycles. The van der Waals surface area contributed by atoms with Crippen molar-refractivity contribution in [2.75, 3.05) is 17.2 Å². The molecule has 7 heteroatoms. The SMILES string of the molecule is CCCNc1cn2ccnc2c(NCc2cc(Br)cs2)n1. The number of aromatic nitrogens is 3. The van der Waals surface area contributed by atoms with Gasteiger partial charge < -0.3 is 15.0 Å². The molecule has 0 fully saturated rings. The number of nitrogens with one attached hydrogen (secondary N) is 2. The molecule has 2 N–H and O–H groups in total. The molecule has 3 aromatic heterocycles. The average Bonchev–Trinajstić information content (AvgIpc) is 3.11. The van der Waals surface area contributed by atoms with E-state index in [2.05, 4.69) is 54.9 Å². The van der Waals surface area contributed by atoms with Crippen molar-refractivity contribution in [2.45, 2.75) is 19.9 Å². The lowest BCUT2D eigenvalue weighted by Crippen LogP contribution is -2.08. The lowest BCUT2D eigenvalue weighted by molar-refractivity contribution is 0.960. The van der Waals surface area contributed by atoms with Crippen LogP contribution in [0.15, 0.2) is 34.5 Å². The summed E-state index contributed by atoms with van der Waals surface area (Å²) >= 11 is 5.19. The number of thiophene rings is 1. The third-order valence-electron chi connectivity index (χ3n) is 2.98. The van der Waals surface area contributed by atoms with E-state index in [0.29, 0.717) is 0 Å². The first-order valence-electron chi connectivity index (χ1n) is 6.80. The molecule has 0 amide bonds. The second-order valence-electron chi connectivity index (χ2n) is 4.64. The Hall–Kier alpha value is -1.60. The lowest BCUT2D eigenvalue weighted by Gasteiger charge is -2.10. The summed E-state index contributed by atoms with van der Waals surface area (Å²) in [5.74, 6) is 1.66. The second kappa shape index (κ2) is 6.44. The molecule has 0 saturated carbocycles. The number of anilines is 2. The summed E-state index contributed by atoms with van der Waals surface area (Å²) in [5, 5.41) is 8.77. The molecule has 0 aliphatic heterocycles. The Balaban J connectivity index is 1.83. The smallest absolute Gasteiger partial charge is 0.180 e. The highest BCUT2D eigenvalue weighted by Crippen LogP contribution is 2.22. The highest BCUT2D eigenvalue weighted by atomic mass is 79.9. The molecule has 110 valence electrons. The first-order chi connectivity index (χ1) is 10.3. The zero-order chi connectivity index (χ0) is 14.7. The number of hydrogen-bond acceptors (Lipinski definition) is 5. The summed E-state index contributed by atoms with van der Waals surface area (Å²) in [6.07, 6.45) is 6.75. The maximum absolute atomic E-state index is 4.62. The molecule has 0 bridgehead atoms. The van der Waals surface area contributed by atoms with E-state index in [9.17, 15) is 0 Å². The van der Waals surface area contributed by atoms with Gasteiger partial charge in [0, 0.05) is 33.7 Å². The van der Waals surface area contributed by atoms with Crippen LogP contribution in [0.1, 0.15) is 18.2 Å². The fourth-order valence-corrected chi connectivity index (χ4v) is 3.40. The third kappa shape index (κ3) is 3.36. The molecule has 0 unspecified atom stereocenters. The van der Waals surface area contributed by atoms with E-state index in [-0.39, 0.29) is 0 Å². The van der Waals surface area contributed by atoms with E-state index in [1.54, 1.807) is 17.5 Å². The van der Waals surface area contributed by atoms with Crippen LogP contribution in [0.25, 0.3) is 5.65 Å². The molecule has 0 atom stereocenters. The minimum atomic E-state index is 0.739. The van der Waals surface area contributed by atoms with Gasteiger partial charge in [0.1, 0.15) is 5.82 Å². The highest BCUT2D eigenvalue weighted by molar-refractivity contribution is 9.10. The summed E-state index contributed by atoms with van der Waals surface area (Å²) in [5.41, 5.74) is 0.840. The van der Waals surface area contributed by atoms with Crippen molar-refractivity contribution < 1.29 is 0 Å². The minimum absolute atomic E-state index is 0.739. The van der Waals surface area contributed by atoms with Crippen molar-refractivity contribution in [2.24, 2.45) is 0 Å². The quantitative estimate of drug-likeness (QED) is 0.693. The summed E-state index contributed by atoms with van der Waals surface area (Å²) in [6.45, 7) is 3.78. The molecule has 0 spiro atoms. The first kappa shape index (κ1) is 14.3. The van der Waals surface area contributed by atoms with E-state index < -0.39 is 0 Å². The van der Waals surface area contributed by atoms with Crippen LogP contribution < -0.4 is 10.6 Å². The van der Waals surface area contributed by atoms with Gasteiger partial charge in [0.15, 0.2) is 11.5 Å². The van der Waals surface area contributed by atoms with Crippen LogP contribution >= 0.6 is 27.3 Å². The topological polar surface area (TPSA) is 54.2 Å². The van der Waals surface area contributed by atoms with Crippen LogP contribution in [0.4, 0.5) is 11.6 Å². The zero-order valence-corrected chi connectivity index (χ0v) is 14.0. The number of hydrogen-bond donors (Lipinski definition) is 2. The van der Waals surface area contributed by atoms with E-state index >= 15 is 0 Å². The summed E-state index contributed by atoms with van der Waals surface area (Å²) in [4.78, 5) is 10.2. The van der Waals surface area contributed by atoms with E-state index in [1.807, 2.05) is 16.8 Å². The van der Waals surface area contributed by atoms with Gasteiger partial charge in [-0.2, -0.15) is 0 Å². The summed E-state index contributed by atoms with van der Waals surface area (Å²) in [6, 6.07) is 2.11. The van der Waals surface area contributed by atoms with Crippen molar-refractivity contribution in [1.29, 1.82) is 0 Å². The monoisotopic (exact) mass is 365 g/mol. The van der Waals surface area contributed by atoms with Gasteiger partial charge in [0.2, 0.25) is 0 Å². The van der Waals surface area contributed by atoms with E-state index in [1.165, 1.54) is 4.88 Å². The Kier molecular flexibility index (Phi) is 4.40. The van der Waals surface area contributed by atoms with Crippen LogP contribution in [-0.4, -0.2) is 20.9 Å². The molecular formula is C14H16BrN5S. The number of halogens is 1. The van der Waals surface area contributed by atoms with Crippen LogP contribution in [0.3, 0.4) is 0 Å². The normalized spacial score (nSPS) is 11.0. The van der Waals surface area contributed by atoms with Crippen molar-refractivity contribution in [3.05, 3.63) is 39.4 Å². The molecule has 0 aliphatic rings. The Morgan fingerprint density at radius 1 is 1.38 bits per heavy atom. The zero-order valence-electron chi connectivity index (χ0n) is 11.6. The van der Waals surface area contributed by atoms with Crippen LogP contribution in [-0.2, 0) is 6.54 Å². The third-order valence-corrected chi connectivity index (χ3v) is 4.68. The van der Waals surface area contributed by atoms with Gasteiger partial charge in [-0.15, -0.1) is 11.3 Å². The molecule has 0 aromatic carbocycles. The predicted octanol–water partition coefficient (Wildman–Crippen LogP) is 3.99. The molecular weight excluding hydrogens is 350 g/mol. The van der Waals surface area contributed by atoms with E-state index in [4.69, 9.17) is 0 Å². The predicted molar refractivity (Wildman–Crippen MR) is 91.1 cm³/mol. The second-order valence-corrected chi connectivity index (χ2v) is 6.56. The number of nitrogens with zero attached hydrogens (tertiary/aromatic N) is 3. The molecule has 21 heavy (non-hydrogen) atoms. The fraction of sp³-hybridized carbons (Fsp3) is 0.286. The maximum Gasteiger partial charge on any atom is 0.180 e. The van der Waals surface area contributed by atoms with Crippen LogP contribution in [0, 0.1) is 0 Å². The Labute approximate surface area is 135 Å². The lowest BCUT2D eigenvalue weighted by atomic mass is 10.4. The van der Waals surface area contributed by atoms with Gasteiger partial charge in [-0.1, -0.05) is 6.92 Å². The van der Waals surface area contributed by atoms with Gasteiger partial charge in [0.25, 0.3) is 0 Å². The molecule has 0 radical (unpaired) electrons. The largest absolute Gasteiger partial charge is 0.369 e. The molecule has 3 rings (SSSR count). The Morgan fingerprint density at radius 2 is 2.29 bits per heavy atom. The molecule has 3 aromatic rings. The molecule has 5 nitrogen and oxygen atoms in total. The molecule has 0 aliphatic carbocycles. The maximum atomic E-state index is 4.62. The number of imidazole rings is 1. The minimum Gasteiger partial charge on any atom is -0.369 e. The highest BCUT2D eigenvalue weighted by Gasteiger charge is 2.07. The van der Waals surface area contributed by atoms with Crippen molar-refractivity contribution in [1.82, 2.24) is 14.4 Å². The van der Waals surface area contributed by atoms with Gasteiger partial charge in [-0.3, -0.25) is 0 Å². The first-order valence-corrected chi connectivity index (χ1v) is 8.48. The molecule has 0 saturated heterocycles. The van der Waals surface area contributed by atoms with Crippen molar-refractivity contribution >= 4 is 44.5 Å². The Bertz CT molecular complexity index is 736.